The Morgan fingerprint density at radius 2 is 2.26 bits per heavy atom. The summed E-state index contributed by atoms with van der Waals surface area (Å²) < 4.78 is 15.9. The molecular weight excluding hydrogens is 311 g/mol. The Hall–Kier alpha value is -1.27. The van der Waals surface area contributed by atoms with Gasteiger partial charge < -0.3 is 5.32 Å². The molecule has 6 heteroatoms. The van der Waals surface area contributed by atoms with E-state index in [1.807, 2.05) is 0 Å². The molecule has 3 rings (SSSR count). The van der Waals surface area contributed by atoms with Crippen molar-refractivity contribution < 1.29 is 4.39 Å². The van der Waals surface area contributed by atoms with Crippen molar-refractivity contribution in [2.75, 3.05) is 0 Å². The Kier molecular flexibility index (Phi) is 3.61. The molecular formula is C13H14BrFN4. The summed E-state index contributed by atoms with van der Waals surface area (Å²) in [4.78, 5) is 4.24. The zero-order chi connectivity index (χ0) is 13.2. The maximum absolute atomic E-state index is 13.3. The Balaban J connectivity index is 1.74. The van der Waals surface area contributed by atoms with E-state index in [2.05, 4.69) is 31.3 Å². The molecule has 2 aromatic rings. The molecule has 0 amide bonds. The summed E-state index contributed by atoms with van der Waals surface area (Å²) in [6.45, 7) is 1.22. The Bertz CT molecular complexity index is 580. The Morgan fingerprint density at radius 3 is 3.05 bits per heavy atom. The van der Waals surface area contributed by atoms with Gasteiger partial charge in [0.25, 0.3) is 0 Å². The van der Waals surface area contributed by atoms with Gasteiger partial charge in [-0.2, -0.15) is 5.10 Å². The highest BCUT2D eigenvalue weighted by Gasteiger charge is 2.21. The van der Waals surface area contributed by atoms with E-state index < -0.39 is 0 Å². The van der Waals surface area contributed by atoms with E-state index in [-0.39, 0.29) is 5.82 Å². The maximum atomic E-state index is 13.3. The molecule has 4 nitrogen and oxygen atoms in total. The van der Waals surface area contributed by atoms with Crippen LogP contribution in [0.1, 0.15) is 24.2 Å². The number of nitrogens with one attached hydrogen (secondary N) is 1. The molecule has 0 aliphatic heterocycles. The number of nitrogens with zero attached hydrogens (tertiary/aromatic N) is 3. The van der Waals surface area contributed by atoms with Crippen LogP contribution < -0.4 is 5.32 Å². The molecule has 0 saturated heterocycles. The van der Waals surface area contributed by atoms with Crippen molar-refractivity contribution in [2.24, 2.45) is 0 Å². The van der Waals surface area contributed by atoms with Crippen LogP contribution in [0, 0.1) is 5.82 Å². The number of benzene rings is 1. The van der Waals surface area contributed by atoms with E-state index in [0.717, 1.165) is 15.9 Å². The lowest BCUT2D eigenvalue weighted by molar-refractivity contribution is 0.577. The molecule has 0 bridgehead atoms. The van der Waals surface area contributed by atoms with Crippen molar-refractivity contribution in [2.45, 2.75) is 32.0 Å². The van der Waals surface area contributed by atoms with Crippen molar-refractivity contribution in [3.63, 3.8) is 0 Å². The van der Waals surface area contributed by atoms with Gasteiger partial charge in [0.15, 0.2) is 0 Å². The topological polar surface area (TPSA) is 42.7 Å². The molecule has 0 atom stereocenters. The largest absolute Gasteiger partial charge is 0.307 e. The van der Waals surface area contributed by atoms with Crippen LogP contribution in [0.3, 0.4) is 0 Å². The van der Waals surface area contributed by atoms with Crippen LogP contribution in [0.4, 0.5) is 4.39 Å². The van der Waals surface area contributed by atoms with E-state index in [4.69, 9.17) is 0 Å². The summed E-state index contributed by atoms with van der Waals surface area (Å²) in [5, 5.41) is 7.60. The lowest BCUT2D eigenvalue weighted by Crippen LogP contribution is -2.19. The SMILES string of the molecule is Fc1ccc(Br)c(Cn2ncnc2CNC2CC2)c1. The average Bonchev–Trinajstić information content (AvgIpc) is 3.12. The number of hydrogen-bond acceptors (Lipinski definition) is 3. The quantitative estimate of drug-likeness (QED) is 0.918. The van der Waals surface area contributed by atoms with Gasteiger partial charge in [-0.15, -0.1) is 0 Å². The van der Waals surface area contributed by atoms with Gasteiger partial charge in [-0.3, -0.25) is 0 Å². The van der Waals surface area contributed by atoms with Crippen LogP contribution in [0.25, 0.3) is 0 Å². The molecule has 0 unspecified atom stereocenters. The average molecular weight is 325 g/mol. The highest BCUT2D eigenvalue weighted by Crippen LogP contribution is 2.20. The zero-order valence-corrected chi connectivity index (χ0v) is 11.9. The van der Waals surface area contributed by atoms with Gasteiger partial charge in [0.1, 0.15) is 18.0 Å². The summed E-state index contributed by atoms with van der Waals surface area (Å²) in [6, 6.07) is 5.30. The van der Waals surface area contributed by atoms with Crippen LogP contribution in [0.5, 0.6) is 0 Å². The Labute approximate surface area is 119 Å². The summed E-state index contributed by atoms with van der Waals surface area (Å²) in [6.07, 6.45) is 4.02. The smallest absolute Gasteiger partial charge is 0.141 e. The molecule has 1 aromatic heterocycles. The minimum Gasteiger partial charge on any atom is -0.307 e. The molecule has 100 valence electrons. The van der Waals surface area contributed by atoms with Crippen LogP contribution in [0.2, 0.25) is 0 Å². The molecule has 1 aliphatic rings. The summed E-state index contributed by atoms with van der Waals surface area (Å²) in [5.74, 6) is 0.638. The molecule has 1 saturated carbocycles. The fourth-order valence-corrected chi connectivity index (χ4v) is 2.28. The fraction of sp³-hybridized carbons (Fsp3) is 0.385. The standard InChI is InChI=1S/C13H14BrFN4/c14-12-4-1-10(15)5-9(12)7-19-13(17-8-18-19)6-16-11-2-3-11/h1,4-5,8,11,16H,2-3,6-7H2. The first-order chi connectivity index (χ1) is 9.22. The van der Waals surface area contributed by atoms with Gasteiger partial charge in [0.05, 0.1) is 13.1 Å². The third-order valence-electron chi connectivity index (χ3n) is 3.15. The monoisotopic (exact) mass is 324 g/mol. The second kappa shape index (κ2) is 5.38. The molecule has 1 aliphatic carbocycles. The normalized spacial score (nSPS) is 14.8. The van der Waals surface area contributed by atoms with E-state index in [9.17, 15) is 4.39 Å². The zero-order valence-electron chi connectivity index (χ0n) is 10.3. The van der Waals surface area contributed by atoms with E-state index in [0.29, 0.717) is 19.1 Å². The van der Waals surface area contributed by atoms with Gasteiger partial charge in [-0.1, -0.05) is 15.9 Å². The second-order valence-electron chi connectivity index (χ2n) is 4.72. The molecule has 1 N–H and O–H groups in total. The predicted molar refractivity (Wildman–Crippen MR) is 73.1 cm³/mol. The summed E-state index contributed by atoms with van der Waals surface area (Å²) >= 11 is 3.43. The van der Waals surface area contributed by atoms with Crippen molar-refractivity contribution in [1.82, 2.24) is 20.1 Å². The summed E-state index contributed by atoms with van der Waals surface area (Å²) in [5.41, 5.74) is 0.859. The molecule has 1 fully saturated rings. The van der Waals surface area contributed by atoms with Gasteiger partial charge in [0, 0.05) is 10.5 Å². The highest BCUT2D eigenvalue weighted by atomic mass is 79.9. The maximum Gasteiger partial charge on any atom is 0.141 e. The third kappa shape index (κ3) is 3.19. The molecule has 0 spiro atoms. The second-order valence-corrected chi connectivity index (χ2v) is 5.58. The number of hydrogen-bond donors (Lipinski definition) is 1. The van der Waals surface area contributed by atoms with E-state index >= 15 is 0 Å². The third-order valence-corrected chi connectivity index (χ3v) is 3.92. The van der Waals surface area contributed by atoms with Crippen LogP contribution in [-0.2, 0) is 13.1 Å². The minimum atomic E-state index is -0.240. The number of aromatic nitrogens is 3. The van der Waals surface area contributed by atoms with Crippen molar-refractivity contribution in [3.05, 3.63) is 46.2 Å². The van der Waals surface area contributed by atoms with Crippen LogP contribution in [-0.4, -0.2) is 20.8 Å². The minimum absolute atomic E-state index is 0.240. The van der Waals surface area contributed by atoms with E-state index in [1.165, 1.54) is 31.3 Å². The van der Waals surface area contributed by atoms with Crippen LogP contribution >= 0.6 is 15.9 Å². The van der Waals surface area contributed by atoms with Gasteiger partial charge >= 0.3 is 0 Å². The first-order valence-electron chi connectivity index (χ1n) is 6.26. The number of rotatable bonds is 5. The highest BCUT2D eigenvalue weighted by molar-refractivity contribution is 9.10. The van der Waals surface area contributed by atoms with E-state index in [1.54, 1.807) is 10.7 Å². The fourth-order valence-electron chi connectivity index (χ4n) is 1.91. The molecule has 1 heterocycles. The lowest BCUT2D eigenvalue weighted by atomic mass is 10.2. The van der Waals surface area contributed by atoms with Gasteiger partial charge in [0.2, 0.25) is 0 Å². The lowest BCUT2D eigenvalue weighted by Gasteiger charge is -2.08. The predicted octanol–water partition coefficient (Wildman–Crippen LogP) is 2.48. The van der Waals surface area contributed by atoms with Crippen molar-refractivity contribution in [1.29, 1.82) is 0 Å². The van der Waals surface area contributed by atoms with Crippen molar-refractivity contribution in [3.8, 4) is 0 Å². The number of halogens is 2. The van der Waals surface area contributed by atoms with Gasteiger partial charge in [-0.05, 0) is 36.6 Å². The summed E-state index contributed by atoms with van der Waals surface area (Å²) in [7, 11) is 0. The molecule has 1 aromatic carbocycles. The molecule has 19 heavy (non-hydrogen) atoms. The Morgan fingerprint density at radius 1 is 1.42 bits per heavy atom. The van der Waals surface area contributed by atoms with Gasteiger partial charge in [-0.25, -0.2) is 14.1 Å². The molecule has 0 radical (unpaired) electrons. The first-order valence-corrected chi connectivity index (χ1v) is 7.05. The van der Waals surface area contributed by atoms with Crippen molar-refractivity contribution >= 4 is 15.9 Å². The first kappa shape index (κ1) is 12.7. The van der Waals surface area contributed by atoms with Crippen LogP contribution in [0.15, 0.2) is 29.0 Å².